The predicted octanol–water partition coefficient (Wildman–Crippen LogP) is 3.08. The Bertz CT molecular complexity index is 1130. The summed E-state index contributed by atoms with van der Waals surface area (Å²) in [5, 5.41) is 0. The zero-order valence-corrected chi connectivity index (χ0v) is 21.1. The Balaban J connectivity index is 1.54. The first-order valence-corrected chi connectivity index (χ1v) is 12.6. The highest BCUT2D eigenvalue weighted by atomic mass is 16.5. The first-order chi connectivity index (χ1) is 17.4. The molecule has 190 valence electrons. The average molecular weight is 491 g/mol. The second-order valence-corrected chi connectivity index (χ2v) is 9.90. The van der Waals surface area contributed by atoms with Crippen molar-refractivity contribution in [3.05, 3.63) is 71.3 Å². The molecule has 0 bridgehead atoms. The second-order valence-electron chi connectivity index (χ2n) is 9.90. The lowest BCUT2D eigenvalue weighted by Crippen LogP contribution is -2.47. The standard InChI is InChI=1S/C29H34N2O5/c1-21-9-6-7-13-24(21)29(19-27(34)31(28(29)35)15-16-36-2)18-26(33)30-14-8-12-23(20-30)25(32)17-22-10-4-3-5-11-22/h3-7,9-11,13,23H,8,12,14-20H2,1-2H3/t23-,29+/m1/s1. The molecule has 2 fully saturated rings. The molecule has 2 heterocycles. The van der Waals surface area contributed by atoms with Gasteiger partial charge in [-0.05, 0) is 36.5 Å². The van der Waals surface area contributed by atoms with Crippen molar-refractivity contribution in [2.45, 2.75) is 44.4 Å². The summed E-state index contributed by atoms with van der Waals surface area (Å²) in [7, 11) is 1.52. The minimum Gasteiger partial charge on any atom is -0.383 e. The van der Waals surface area contributed by atoms with Gasteiger partial charge in [-0.15, -0.1) is 0 Å². The number of likely N-dealkylation sites (tertiary alicyclic amines) is 2. The van der Waals surface area contributed by atoms with Gasteiger partial charge in [0.1, 0.15) is 5.78 Å². The molecule has 0 aliphatic carbocycles. The fraction of sp³-hybridized carbons (Fsp3) is 0.448. The number of imide groups is 1. The van der Waals surface area contributed by atoms with Gasteiger partial charge in [0.2, 0.25) is 17.7 Å². The third-order valence-electron chi connectivity index (χ3n) is 7.49. The van der Waals surface area contributed by atoms with E-state index in [1.807, 2.05) is 61.5 Å². The summed E-state index contributed by atoms with van der Waals surface area (Å²) in [4.78, 5) is 56.2. The van der Waals surface area contributed by atoms with Crippen LogP contribution in [0.3, 0.4) is 0 Å². The highest BCUT2D eigenvalue weighted by Gasteiger charge is 2.54. The molecule has 0 unspecified atom stereocenters. The van der Waals surface area contributed by atoms with Crippen molar-refractivity contribution in [2.75, 3.05) is 33.4 Å². The Kier molecular flexibility index (Phi) is 7.99. The molecule has 0 radical (unpaired) electrons. The number of rotatable bonds is 9. The van der Waals surface area contributed by atoms with Gasteiger partial charge >= 0.3 is 0 Å². The zero-order chi connectivity index (χ0) is 25.7. The van der Waals surface area contributed by atoms with E-state index in [2.05, 4.69) is 0 Å². The Morgan fingerprint density at radius 3 is 2.50 bits per heavy atom. The number of carbonyl (C=O) groups excluding carboxylic acids is 4. The Morgan fingerprint density at radius 2 is 1.78 bits per heavy atom. The number of hydrogen-bond donors (Lipinski definition) is 0. The molecule has 2 aromatic rings. The van der Waals surface area contributed by atoms with E-state index in [1.165, 1.54) is 12.0 Å². The second kappa shape index (κ2) is 11.2. The quantitative estimate of drug-likeness (QED) is 0.505. The van der Waals surface area contributed by atoms with Crippen LogP contribution >= 0.6 is 0 Å². The summed E-state index contributed by atoms with van der Waals surface area (Å²) >= 11 is 0. The molecule has 0 aromatic heterocycles. The molecule has 36 heavy (non-hydrogen) atoms. The van der Waals surface area contributed by atoms with Crippen LogP contribution in [0.25, 0.3) is 0 Å². The summed E-state index contributed by atoms with van der Waals surface area (Å²) in [5.74, 6) is -0.921. The van der Waals surface area contributed by atoms with Gasteiger partial charge < -0.3 is 9.64 Å². The van der Waals surface area contributed by atoms with E-state index in [0.717, 1.165) is 24.0 Å². The van der Waals surface area contributed by atoms with Crippen molar-refractivity contribution >= 4 is 23.5 Å². The molecule has 0 N–H and O–H groups in total. The highest BCUT2D eigenvalue weighted by Crippen LogP contribution is 2.42. The molecule has 2 aliphatic heterocycles. The minimum atomic E-state index is -1.24. The number of aryl methyl sites for hydroxylation is 1. The van der Waals surface area contributed by atoms with Crippen LogP contribution in [0.5, 0.6) is 0 Å². The molecule has 2 saturated heterocycles. The first-order valence-electron chi connectivity index (χ1n) is 12.6. The number of carbonyl (C=O) groups is 4. The van der Waals surface area contributed by atoms with Crippen LogP contribution in [0.2, 0.25) is 0 Å². The number of hydrogen-bond acceptors (Lipinski definition) is 5. The summed E-state index contributed by atoms with van der Waals surface area (Å²) in [5.41, 5.74) is 1.31. The van der Waals surface area contributed by atoms with Gasteiger partial charge in [0.15, 0.2) is 0 Å². The zero-order valence-electron chi connectivity index (χ0n) is 21.1. The number of nitrogens with zero attached hydrogens (tertiary/aromatic N) is 2. The van der Waals surface area contributed by atoms with E-state index in [1.54, 1.807) is 4.90 Å². The number of methoxy groups -OCH3 is 1. The highest BCUT2D eigenvalue weighted by molar-refractivity contribution is 6.11. The van der Waals surface area contributed by atoms with Crippen LogP contribution in [0, 0.1) is 12.8 Å². The Labute approximate surface area is 212 Å². The summed E-state index contributed by atoms with van der Waals surface area (Å²) in [6, 6.07) is 17.1. The van der Waals surface area contributed by atoms with Crippen LogP contribution in [0.1, 0.15) is 42.4 Å². The maximum Gasteiger partial charge on any atom is 0.240 e. The molecule has 2 aliphatic rings. The fourth-order valence-electron chi connectivity index (χ4n) is 5.54. The van der Waals surface area contributed by atoms with E-state index in [4.69, 9.17) is 4.74 Å². The van der Waals surface area contributed by atoms with Crippen LogP contribution in [0.15, 0.2) is 54.6 Å². The number of ether oxygens (including phenoxy) is 1. The predicted molar refractivity (Wildman–Crippen MR) is 135 cm³/mol. The van der Waals surface area contributed by atoms with Crippen molar-refractivity contribution in [3.63, 3.8) is 0 Å². The van der Waals surface area contributed by atoms with Gasteiger partial charge in [0.25, 0.3) is 0 Å². The number of piperidine rings is 1. The monoisotopic (exact) mass is 490 g/mol. The molecule has 0 saturated carbocycles. The molecule has 3 amide bonds. The Hall–Kier alpha value is -3.32. The fourth-order valence-corrected chi connectivity index (χ4v) is 5.54. The topological polar surface area (TPSA) is 84.0 Å². The van der Waals surface area contributed by atoms with Gasteiger partial charge in [-0.25, -0.2) is 0 Å². The molecule has 0 spiro atoms. The molecule has 2 aromatic carbocycles. The van der Waals surface area contributed by atoms with Gasteiger partial charge in [-0.2, -0.15) is 0 Å². The van der Waals surface area contributed by atoms with Crippen LogP contribution in [-0.4, -0.2) is 66.7 Å². The molecule has 4 rings (SSSR count). The maximum absolute atomic E-state index is 13.7. The van der Waals surface area contributed by atoms with Crippen molar-refractivity contribution in [1.82, 2.24) is 9.80 Å². The number of amides is 3. The molecule has 2 atom stereocenters. The van der Waals surface area contributed by atoms with Crippen molar-refractivity contribution in [2.24, 2.45) is 5.92 Å². The normalized spacial score (nSPS) is 22.2. The van der Waals surface area contributed by atoms with Crippen LogP contribution in [-0.2, 0) is 35.8 Å². The van der Waals surface area contributed by atoms with E-state index in [9.17, 15) is 19.2 Å². The third-order valence-corrected chi connectivity index (χ3v) is 7.49. The Morgan fingerprint density at radius 1 is 1.06 bits per heavy atom. The summed E-state index contributed by atoms with van der Waals surface area (Å²) in [6.07, 6.45) is 1.70. The molecular formula is C29H34N2O5. The van der Waals surface area contributed by atoms with E-state index < -0.39 is 5.41 Å². The van der Waals surface area contributed by atoms with E-state index in [0.29, 0.717) is 25.1 Å². The minimum absolute atomic E-state index is 0.0453. The average Bonchev–Trinajstić information content (AvgIpc) is 3.12. The van der Waals surface area contributed by atoms with Gasteiger partial charge in [0.05, 0.1) is 18.6 Å². The first kappa shape index (κ1) is 25.8. The van der Waals surface area contributed by atoms with Gasteiger partial charge in [-0.1, -0.05) is 54.6 Å². The lowest BCUT2D eigenvalue weighted by molar-refractivity contribution is -0.144. The van der Waals surface area contributed by atoms with Crippen LogP contribution in [0.4, 0.5) is 0 Å². The third kappa shape index (κ3) is 5.26. The molecule has 7 nitrogen and oxygen atoms in total. The van der Waals surface area contributed by atoms with Crippen molar-refractivity contribution in [1.29, 1.82) is 0 Å². The van der Waals surface area contributed by atoms with Crippen molar-refractivity contribution in [3.8, 4) is 0 Å². The number of benzene rings is 2. The van der Waals surface area contributed by atoms with Crippen LogP contribution < -0.4 is 0 Å². The smallest absolute Gasteiger partial charge is 0.240 e. The molecular weight excluding hydrogens is 456 g/mol. The van der Waals surface area contributed by atoms with Crippen molar-refractivity contribution < 1.29 is 23.9 Å². The SMILES string of the molecule is COCCN1C(=O)C[C@@](CC(=O)N2CCC[C@@H](C(=O)Cc3ccccc3)C2)(c2ccccc2C)C1=O. The lowest BCUT2D eigenvalue weighted by Gasteiger charge is -2.35. The van der Waals surface area contributed by atoms with Gasteiger partial charge in [-0.3, -0.25) is 24.1 Å². The van der Waals surface area contributed by atoms with Gasteiger partial charge in [0, 0.05) is 45.4 Å². The largest absolute Gasteiger partial charge is 0.383 e. The molecule has 7 heteroatoms. The maximum atomic E-state index is 13.7. The van der Waals surface area contributed by atoms with E-state index >= 15 is 0 Å². The number of ketones is 1. The number of Topliss-reactive ketones (excluding diaryl/α,β-unsaturated/α-hetero) is 1. The lowest BCUT2D eigenvalue weighted by atomic mass is 9.73. The van der Waals surface area contributed by atoms with E-state index in [-0.39, 0.29) is 55.4 Å². The summed E-state index contributed by atoms with van der Waals surface area (Å²) in [6.45, 7) is 3.20. The summed E-state index contributed by atoms with van der Waals surface area (Å²) < 4.78 is 5.10.